The molecule has 12 heteroatoms. The Kier molecular flexibility index (Phi) is 13.4. The van der Waals surface area contributed by atoms with E-state index < -0.39 is 39.8 Å². The highest BCUT2D eigenvalue weighted by molar-refractivity contribution is 7.89. The molecule has 0 aliphatic heterocycles. The zero-order chi connectivity index (χ0) is 34.0. The van der Waals surface area contributed by atoms with Gasteiger partial charge in [-0.15, -0.1) is 0 Å². The number of benzene rings is 3. The number of nitrogens with two attached hydrogens (primary N) is 1. The summed E-state index contributed by atoms with van der Waals surface area (Å²) in [5.74, 6) is -2.39. The fraction of sp³-hybridized carbons (Fsp3) is 0.412. The third kappa shape index (κ3) is 10.1. The second-order valence-corrected chi connectivity index (χ2v) is 13.7. The monoisotopic (exact) mass is 658 g/mol. The number of sulfonamides is 1. The van der Waals surface area contributed by atoms with E-state index in [0.717, 1.165) is 23.2 Å². The van der Waals surface area contributed by atoms with E-state index in [2.05, 4.69) is 5.32 Å². The number of nitrogens with one attached hydrogen (secondary N) is 1. The third-order valence-corrected chi connectivity index (χ3v) is 9.13. The molecular formula is C34H44F2N4O5S. The molecule has 1 amide bonds. The fourth-order valence-corrected chi connectivity index (χ4v) is 6.04. The van der Waals surface area contributed by atoms with Crippen molar-refractivity contribution in [1.82, 2.24) is 14.5 Å². The van der Waals surface area contributed by atoms with Gasteiger partial charge in [-0.1, -0.05) is 26.0 Å². The third-order valence-electron chi connectivity index (χ3n) is 7.32. The topological polar surface area (TPSA) is 122 Å². The van der Waals surface area contributed by atoms with Gasteiger partial charge in [0.25, 0.3) is 5.91 Å². The first-order chi connectivity index (χ1) is 21.7. The van der Waals surface area contributed by atoms with E-state index in [4.69, 9.17) is 10.5 Å². The maximum atomic E-state index is 13.9. The van der Waals surface area contributed by atoms with E-state index in [1.165, 1.54) is 38.4 Å². The minimum absolute atomic E-state index is 0.00538. The summed E-state index contributed by atoms with van der Waals surface area (Å²) in [5, 5.41) is 3.17. The van der Waals surface area contributed by atoms with Crippen molar-refractivity contribution in [2.24, 2.45) is 5.73 Å². The molecule has 9 nitrogen and oxygen atoms in total. The summed E-state index contributed by atoms with van der Waals surface area (Å²) < 4.78 is 60.0. The maximum Gasteiger partial charge on any atom is 0.338 e. The fourth-order valence-electron chi connectivity index (χ4n) is 5.07. The lowest BCUT2D eigenvalue weighted by molar-refractivity contribution is 0.0238. The molecule has 0 aliphatic carbocycles. The molecule has 3 aromatic carbocycles. The molecule has 2 unspecified atom stereocenters. The van der Waals surface area contributed by atoms with E-state index >= 15 is 0 Å². The van der Waals surface area contributed by atoms with Crippen molar-refractivity contribution in [3.05, 3.63) is 100 Å². The zero-order valence-corrected chi connectivity index (χ0v) is 27.9. The SMILES string of the molecule is CCCN(CCC)C(=O)c1cc(C)cc(C(=O)OC(CNCc2cccc(S(=O)(=O)N(C)C)c2)C(N)Cc2cc(F)cc(F)c2)c1. The van der Waals surface area contributed by atoms with E-state index in [1.54, 1.807) is 42.2 Å². The maximum absolute atomic E-state index is 13.9. The quantitative estimate of drug-likeness (QED) is 0.215. The molecule has 0 aliphatic rings. The summed E-state index contributed by atoms with van der Waals surface area (Å²) in [5.41, 5.74) is 8.68. The number of nitrogens with zero attached hydrogens (tertiary/aromatic N) is 2. The van der Waals surface area contributed by atoms with Crippen molar-refractivity contribution in [2.45, 2.75) is 63.6 Å². The molecule has 0 fully saturated rings. The van der Waals surface area contributed by atoms with Crippen LogP contribution in [0, 0.1) is 18.6 Å². The first kappa shape index (κ1) is 36.8. The Balaban J connectivity index is 1.84. The van der Waals surface area contributed by atoms with Crippen molar-refractivity contribution in [2.75, 3.05) is 33.7 Å². The van der Waals surface area contributed by atoms with Crippen LogP contribution in [0.15, 0.2) is 65.6 Å². The smallest absolute Gasteiger partial charge is 0.338 e. The molecule has 3 N–H and O–H groups in total. The van der Waals surface area contributed by atoms with Crippen LogP contribution in [0.3, 0.4) is 0 Å². The molecule has 0 aromatic heterocycles. The number of carbonyl (C=O) groups is 2. The van der Waals surface area contributed by atoms with E-state index in [-0.39, 0.29) is 35.9 Å². The molecule has 46 heavy (non-hydrogen) atoms. The predicted octanol–water partition coefficient (Wildman–Crippen LogP) is 4.67. The lowest BCUT2D eigenvalue weighted by Crippen LogP contribution is -2.46. The average Bonchev–Trinajstić information content (AvgIpc) is 2.99. The molecule has 0 saturated heterocycles. The minimum atomic E-state index is -3.64. The van der Waals surface area contributed by atoms with Crippen LogP contribution in [0.4, 0.5) is 8.78 Å². The highest BCUT2D eigenvalue weighted by Crippen LogP contribution is 2.18. The van der Waals surface area contributed by atoms with Gasteiger partial charge in [0.05, 0.1) is 10.5 Å². The lowest BCUT2D eigenvalue weighted by Gasteiger charge is -2.25. The highest BCUT2D eigenvalue weighted by Gasteiger charge is 2.25. The number of aryl methyl sites for hydroxylation is 1. The molecule has 0 radical (unpaired) electrons. The number of hydrogen-bond acceptors (Lipinski definition) is 7. The van der Waals surface area contributed by atoms with Crippen LogP contribution in [0.2, 0.25) is 0 Å². The Morgan fingerprint density at radius 1 is 0.913 bits per heavy atom. The van der Waals surface area contributed by atoms with Gasteiger partial charge >= 0.3 is 5.97 Å². The van der Waals surface area contributed by atoms with Gasteiger partial charge in [0.2, 0.25) is 10.0 Å². The Bertz CT molecular complexity index is 1590. The standard InChI is InChI=1S/C34H44F2N4O5S/c1-6-11-40(12-7-2)33(41)26-13-23(3)14-27(19-26)34(42)45-32(31(37)18-25-15-28(35)20-29(36)16-25)22-38-21-24-9-8-10-30(17-24)46(43,44)39(4)5/h8-10,13-17,19-20,31-32,38H,6-7,11-12,18,21-22,37H2,1-5H3. The molecule has 3 rings (SSSR count). The molecule has 2 atom stereocenters. The number of halogens is 2. The van der Waals surface area contributed by atoms with Gasteiger partial charge in [-0.2, -0.15) is 0 Å². The first-order valence-corrected chi connectivity index (χ1v) is 16.7. The van der Waals surface area contributed by atoms with Gasteiger partial charge in [0.1, 0.15) is 17.7 Å². The normalized spacial score (nSPS) is 13.0. The van der Waals surface area contributed by atoms with Crippen LogP contribution in [0.25, 0.3) is 0 Å². The summed E-state index contributed by atoms with van der Waals surface area (Å²) in [6.07, 6.45) is 0.642. The highest BCUT2D eigenvalue weighted by atomic mass is 32.2. The van der Waals surface area contributed by atoms with Crippen LogP contribution < -0.4 is 11.1 Å². The Morgan fingerprint density at radius 3 is 2.15 bits per heavy atom. The molecule has 0 heterocycles. The number of carbonyl (C=O) groups excluding carboxylic acids is 2. The van der Waals surface area contributed by atoms with E-state index in [0.29, 0.717) is 35.3 Å². The van der Waals surface area contributed by atoms with Crippen LogP contribution in [0.5, 0.6) is 0 Å². The molecule has 0 bridgehead atoms. The van der Waals surface area contributed by atoms with Crippen molar-refractivity contribution >= 4 is 21.9 Å². The van der Waals surface area contributed by atoms with E-state index in [9.17, 15) is 26.8 Å². The summed E-state index contributed by atoms with van der Waals surface area (Å²) >= 11 is 0. The van der Waals surface area contributed by atoms with E-state index in [1.807, 2.05) is 13.8 Å². The average molecular weight is 659 g/mol. The van der Waals surface area contributed by atoms with Crippen molar-refractivity contribution < 1.29 is 31.5 Å². The summed E-state index contributed by atoms with van der Waals surface area (Å²) in [6.45, 7) is 7.22. The van der Waals surface area contributed by atoms with Crippen molar-refractivity contribution in [3.63, 3.8) is 0 Å². The predicted molar refractivity (Wildman–Crippen MR) is 174 cm³/mol. The molecular weight excluding hydrogens is 614 g/mol. The minimum Gasteiger partial charge on any atom is -0.456 e. The van der Waals surface area contributed by atoms with Gasteiger partial charge in [0.15, 0.2) is 0 Å². The van der Waals surface area contributed by atoms with Crippen LogP contribution in [0.1, 0.15) is 64.1 Å². The summed E-state index contributed by atoms with van der Waals surface area (Å²) in [6, 6.07) is 13.5. The Labute approximate surface area is 270 Å². The van der Waals surface area contributed by atoms with Crippen molar-refractivity contribution in [3.8, 4) is 0 Å². The molecule has 3 aromatic rings. The number of rotatable bonds is 16. The zero-order valence-electron chi connectivity index (χ0n) is 27.1. The van der Waals surface area contributed by atoms with Gasteiger partial charge in [-0.25, -0.2) is 26.3 Å². The Morgan fingerprint density at radius 2 is 1.54 bits per heavy atom. The first-order valence-electron chi connectivity index (χ1n) is 15.3. The van der Waals surface area contributed by atoms with Crippen LogP contribution in [-0.4, -0.2) is 75.4 Å². The van der Waals surface area contributed by atoms with Crippen LogP contribution >= 0.6 is 0 Å². The second-order valence-electron chi connectivity index (χ2n) is 11.5. The number of hydrogen-bond donors (Lipinski definition) is 2. The second kappa shape index (κ2) is 16.7. The van der Waals surface area contributed by atoms with Crippen molar-refractivity contribution in [1.29, 1.82) is 0 Å². The van der Waals surface area contributed by atoms with Gasteiger partial charge in [-0.3, -0.25) is 4.79 Å². The lowest BCUT2D eigenvalue weighted by atomic mass is 10.0. The summed E-state index contributed by atoms with van der Waals surface area (Å²) in [4.78, 5) is 28.7. The van der Waals surface area contributed by atoms with Crippen LogP contribution in [-0.2, 0) is 27.7 Å². The largest absolute Gasteiger partial charge is 0.456 e. The number of amides is 1. The number of esters is 1. The van der Waals surface area contributed by atoms with Gasteiger partial charge in [0, 0.05) is 57.9 Å². The van der Waals surface area contributed by atoms with Gasteiger partial charge in [-0.05, 0) is 85.3 Å². The molecule has 0 spiro atoms. The Hall–Kier alpha value is -3.71. The molecule has 0 saturated carbocycles. The number of ether oxygens (including phenoxy) is 1. The summed E-state index contributed by atoms with van der Waals surface area (Å²) in [7, 11) is -0.742. The van der Waals surface area contributed by atoms with Gasteiger partial charge < -0.3 is 20.7 Å². The molecule has 250 valence electrons.